The maximum absolute atomic E-state index is 4.60. The molecule has 0 unspecified atom stereocenters. The Bertz CT molecular complexity index is 856. The van der Waals surface area contributed by atoms with Gasteiger partial charge in [-0.1, -0.05) is 66.7 Å². The van der Waals surface area contributed by atoms with Gasteiger partial charge in [-0.2, -0.15) is 10.2 Å². The maximum atomic E-state index is 4.60. The molecule has 3 aromatic carbocycles. The molecular formula is C22H22N4. The quantitative estimate of drug-likeness (QED) is 0.459. The van der Waals surface area contributed by atoms with Gasteiger partial charge in [0, 0.05) is 6.42 Å². The van der Waals surface area contributed by atoms with E-state index < -0.39 is 0 Å². The summed E-state index contributed by atoms with van der Waals surface area (Å²) in [6.07, 6.45) is 0.701. The standard InChI is InChI=1S/C22H22N4/c1-18(23-24-20-13-7-3-8-14-20)22(17-19-11-5-2-6-12-19)26-25-21-15-9-4-10-16-21/h2-16,24-25H,17H2,1H3/b23-18-,26-22-. The SMILES string of the molecule is CC(=N/Nc1ccccc1)/C(Cc1ccccc1)=N\Nc1ccccc1. The summed E-state index contributed by atoms with van der Waals surface area (Å²) in [5.74, 6) is 0. The zero-order valence-electron chi connectivity index (χ0n) is 14.8. The molecule has 0 aliphatic heterocycles. The maximum Gasteiger partial charge on any atom is 0.0880 e. The van der Waals surface area contributed by atoms with Crippen LogP contribution in [0.2, 0.25) is 0 Å². The van der Waals surface area contributed by atoms with Crippen molar-refractivity contribution in [3.63, 3.8) is 0 Å². The number of rotatable bonds is 7. The third-order valence-corrected chi connectivity index (χ3v) is 3.85. The second kappa shape index (κ2) is 9.18. The Kier molecular flexibility index (Phi) is 6.15. The fraction of sp³-hybridized carbons (Fsp3) is 0.0909. The van der Waals surface area contributed by atoms with Gasteiger partial charge in [0.15, 0.2) is 0 Å². The summed E-state index contributed by atoms with van der Waals surface area (Å²) in [4.78, 5) is 0. The van der Waals surface area contributed by atoms with Gasteiger partial charge in [-0.3, -0.25) is 10.9 Å². The van der Waals surface area contributed by atoms with Gasteiger partial charge in [0.05, 0.1) is 22.8 Å². The van der Waals surface area contributed by atoms with Crippen molar-refractivity contribution >= 4 is 22.8 Å². The molecule has 0 radical (unpaired) electrons. The van der Waals surface area contributed by atoms with Crippen molar-refractivity contribution in [2.24, 2.45) is 10.2 Å². The van der Waals surface area contributed by atoms with E-state index in [1.54, 1.807) is 0 Å². The highest BCUT2D eigenvalue weighted by atomic mass is 15.3. The Balaban J connectivity index is 1.79. The number of para-hydroxylation sites is 2. The van der Waals surface area contributed by atoms with Crippen molar-refractivity contribution < 1.29 is 0 Å². The van der Waals surface area contributed by atoms with Crippen LogP contribution in [0.15, 0.2) is 101 Å². The number of nitrogens with one attached hydrogen (secondary N) is 2. The topological polar surface area (TPSA) is 48.8 Å². The molecule has 4 heteroatoms. The van der Waals surface area contributed by atoms with Crippen LogP contribution in [0.3, 0.4) is 0 Å². The van der Waals surface area contributed by atoms with E-state index in [4.69, 9.17) is 0 Å². The van der Waals surface area contributed by atoms with E-state index in [0.717, 1.165) is 22.8 Å². The second-order valence-corrected chi connectivity index (χ2v) is 5.87. The molecule has 2 N–H and O–H groups in total. The van der Waals surface area contributed by atoms with Crippen LogP contribution in [-0.2, 0) is 6.42 Å². The Morgan fingerprint density at radius 1 is 0.654 bits per heavy atom. The molecule has 0 bridgehead atoms. The molecule has 0 spiro atoms. The lowest BCUT2D eigenvalue weighted by atomic mass is 10.1. The zero-order valence-corrected chi connectivity index (χ0v) is 14.8. The fourth-order valence-electron chi connectivity index (χ4n) is 2.41. The highest BCUT2D eigenvalue weighted by Gasteiger charge is 2.07. The Labute approximate surface area is 154 Å². The average molecular weight is 342 g/mol. The van der Waals surface area contributed by atoms with Gasteiger partial charge in [-0.05, 0) is 36.8 Å². The van der Waals surface area contributed by atoms with Crippen molar-refractivity contribution in [3.8, 4) is 0 Å². The number of nitrogens with zero attached hydrogens (tertiary/aromatic N) is 2. The summed E-state index contributed by atoms with van der Waals surface area (Å²) in [7, 11) is 0. The number of hydrazone groups is 2. The van der Waals surface area contributed by atoms with Crippen LogP contribution < -0.4 is 10.9 Å². The van der Waals surface area contributed by atoms with Gasteiger partial charge in [-0.15, -0.1) is 0 Å². The number of hydrogen-bond donors (Lipinski definition) is 2. The van der Waals surface area contributed by atoms with Crippen LogP contribution in [0.25, 0.3) is 0 Å². The third kappa shape index (κ3) is 5.31. The van der Waals surface area contributed by atoms with Crippen LogP contribution in [-0.4, -0.2) is 11.4 Å². The predicted molar refractivity (Wildman–Crippen MR) is 111 cm³/mol. The summed E-state index contributed by atoms with van der Waals surface area (Å²) in [5, 5.41) is 9.10. The lowest BCUT2D eigenvalue weighted by Gasteiger charge is -2.09. The Morgan fingerprint density at radius 3 is 1.65 bits per heavy atom. The molecule has 0 saturated heterocycles. The lowest BCUT2D eigenvalue weighted by Crippen LogP contribution is -2.17. The smallest absolute Gasteiger partial charge is 0.0880 e. The summed E-state index contributed by atoms with van der Waals surface area (Å²) < 4.78 is 0. The average Bonchev–Trinajstić information content (AvgIpc) is 2.71. The second-order valence-electron chi connectivity index (χ2n) is 5.87. The molecule has 4 nitrogen and oxygen atoms in total. The van der Waals surface area contributed by atoms with Crippen molar-refractivity contribution in [2.75, 3.05) is 10.9 Å². The molecule has 0 amide bonds. The highest BCUT2D eigenvalue weighted by Crippen LogP contribution is 2.08. The summed E-state index contributed by atoms with van der Waals surface area (Å²) >= 11 is 0. The third-order valence-electron chi connectivity index (χ3n) is 3.85. The molecular weight excluding hydrogens is 320 g/mol. The number of anilines is 2. The largest absolute Gasteiger partial charge is 0.278 e. The van der Waals surface area contributed by atoms with Crippen LogP contribution in [0.5, 0.6) is 0 Å². The van der Waals surface area contributed by atoms with Crippen LogP contribution in [0.1, 0.15) is 12.5 Å². The van der Waals surface area contributed by atoms with Gasteiger partial charge in [0.1, 0.15) is 0 Å². The first kappa shape index (κ1) is 17.4. The van der Waals surface area contributed by atoms with Gasteiger partial charge in [-0.25, -0.2) is 0 Å². The Morgan fingerprint density at radius 2 is 1.12 bits per heavy atom. The molecule has 0 fully saturated rings. The van der Waals surface area contributed by atoms with Gasteiger partial charge >= 0.3 is 0 Å². The summed E-state index contributed by atoms with van der Waals surface area (Å²) in [6.45, 7) is 1.96. The molecule has 130 valence electrons. The van der Waals surface area contributed by atoms with Crippen molar-refractivity contribution in [1.29, 1.82) is 0 Å². The number of hydrogen-bond acceptors (Lipinski definition) is 4. The molecule has 3 aromatic rings. The molecule has 0 aliphatic rings. The molecule has 0 aliphatic carbocycles. The van der Waals surface area contributed by atoms with Crippen molar-refractivity contribution in [2.45, 2.75) is 13.3 Å². The molecule has 0 aromatic heterocycles. The van der Waals surface area contributed by atoms with E-state index >= 15 is 0 Å². The van der Waals surface area contributed by atoms with Crippen LogP contribution in [0, 0.1) is 0 Å². The minimum Gasteiger partial charge on any atom is -0.278 e. The van der Waals surface area contributed by atoms with Crippen LogP contribution >= 0.6 is 0 Å². The minimum absolute atomic E-state index is 0.701. The van der Waals surface area contributed by atoms with Crippen molar-refractivity contribution in [1.82, 2.24) is 0 Å². The van der Waals surface area contributed by atoms with E-state index in [1.807, 2.05) is 85.8 Å². The first-order chi connectivity index (χ1) is 12.8. The number of benzene rings is 3. The van der Waals surface area contributed by atoms with E-state index in [0.29, 0.717) is 6.42 Å². The highest BCUT2D eigenvalue weighted by molar-refractivity contribution is 6.42. The van der Waals surface area contributed by atoms with E-state index in [9.17, 15) is 0 Å². The van der Waals surface area contributed by atoms with Crippen molar-refractivity contribution in [3.05, 3.63) is 96.6 Å². The first-order valence-electron chi connectivity index (χ1n) is 8.58. The normalized spacial score (nSPS) is 11.9. The molecule has 26 heavy (non-hydrogen) atoms. The summed E-state index contributed by atoms with van der Waals surface area (Å²) in [5.41, 5.74) is 11.0. The minimum atomic E-state index is 0.701. The molecule has 0 saturated carbocycles. The molecule has 3 rings (SSSR count). The zero-order chi connectivity index (χ0) is 18.0. The predicted octanol–water partition coefficient (Wildman–Crippen LogP) is 5.19. The fourth-order valence-corrected chi connectivity index (χ4v) is 2.41. The van der Waals surface area contributed by atoms with Gasteiger partial charge < -0.3 is 0 Å². The summed E-state index contributed by atoms with van der Waals surface area (Å²) in [6, 6.07) is 30.1. The van der Waals surface area contributed by atoms with E-state index in [1.165, 1.54) is 5.56 Å². The monoisotopic (exact) mass is 342 g/mol. The van der Waals surface area contributed by atoms with Gasteiger partial charge in [0.25, 0.3) is 0 Å². The first-order valence-corrected chi connectivity index (χ1v) is 8.58. The van der Waals surface area contributed by atoms with E-state index in [2.05, 4.69) is 33.2 Å². The Hall–Kier alpha value is -3.40. The van der Waals surface area contributed by atoms with Gasteiger partial charge in [0.2, 0.25) is 0 Å². The van der Waals surface area contributed by atoms with Crippen LogP contribution in [0.4, 0.5) is 11.4 Å². The lowest BCUT2D eigenvalue weighted by molar-refractivity contribution is 1.25. The molecule has 0 atom stereocenters. The van der Waals surface area contributed by atoms with E-state index in [-0.39, 0.29) is 0 Å². The molecule has 0 heterocycles.